The fourth-order valence-electron chi connectivity index (χ4n) is 1.06. The van der Waals surface area contributed by atoms with Gasteiger partial charge in [-0.05, 0) is 53.8 Å². The second-order valence-corrected chi connectivity index (χ2v) is 6.19. The summed E-state index contributed by atoms with van der Waals surface area (Å²) >= 11 is 1.87. The van der Waals surface area contributed by atoms with Crippen LogP contribution >= 0.6 is 22.6 Å². The number of rotatable bonds is 5. The molecule has 0 bridgehead atoms. The smallest absolute Gasteiger partial charge is 0.232 e. The molecule has 0 aliphatic carbocycles. The Kier molecular flexibility index (Phi) is 4.93. The largest absolute Gasteiger partial charge is 0.330 e. The average Bonchev–Trinajstić information content (AvgIpc) is 2.19. The zero-order valence-electron chi connectivity index (χ0n) is 8.41. The van der Waals surface area contributed by atoms with E-state index in [0.717, 1.165) is 0 Å². The lowest BCUT2D eigenvalue weighted by molar-refractivity contribution is 0.598. The van der Waals surface area contributed by atoms with E-state index in [9.17, 15) is 12.8 Å². The van der Waals surface area contributed by atoms with Gasteiger partial charge in [0.1, 0.15) is 5.82 Å². The fourth-order valence-corrected chi connectivity index (χ4v) is 3.02. The molecule has 0 aliphatic rings. The van der Waals surface area contributed by atoms with E-state index in [1.54, 1.807) is 0 Å². The monoisotopic (exact) mass is 358 g/mol. The molecule has 0 heterocycles. The molecule has 0 aromatic heterocycles. The Morgan fingerprint density at radius 2 is 2.12 bits per heavy atom. The summed E-state index contributed by atoms with van der Waals surface area (Å²) in [7, 11) is -3.39. The quantitative estimate of drug-likeness (QED) is 0.784. The molecule has 0 unspecified atom stereocenters. The van der Waals surface area contributed by atoms with Crippen molar-refractivity contribution in [3.63, 3.8) is 0 Å². The second-order valence-electron chi connectivity index (χ2n) is 3.19. The Bertz CT molecular complexity index is 465. The molecule has 0 spiro atoms. The van der Waals surface area contributed by atoms with Crippen molar-refractivity contribution in [3.05, 3.63) is 27.6 Å². The van der Waals surface area contributed by atoms with Crippen LogP contribution in [0.1, 0.15) is 6.42 Å². The number of anilines is 1. The SMILES string of the molecule is NCCCS(=O)(=O)Nc1ccc(F)cc1I. The first kappa shape index (κ1) is 13.7. The Morgan fingerprint density at radius 1 is 1.44 bits per heavy atom. The van der Waals surface area contributed by atoms with E-state index in [1.807, 2.05) is 22.6 Å². The molecule has 16 heavy (non-hydrogen) atoms. The van der Waals surface area contributed by atoms with Crippen molar-refractivity contribution in [1.29, 1.82) is 0 Å². The minimum Gasteiger partial charge on any atom is -0.330 e. The minimum absolute atomic E-state index is 0.0308. The maximum absolute atomic E-state index is 12.8. The number of halogens is 2. The summed E-state index contributed by atoms with van der Waals surface area (Å²) in [5.41, 5.74) is 5.62. The first-order valence-electron chi connectivity index (χ1n) is 4.60. The van der Waals surface area contributed by atoms with Gasteiger partial charge in [0.2, 0.25) is 10.0 Å². The highest BCUT2D eigenvalue weighted by molar-refractivity contribution is 14.1. The van der Waals surface area contributed by atoms with Gasteiger partial charge in [-0.1, -0.05) is 0 Å². The number of hydrogen-bond donors (Lipinski definition) is 2. The first-order valence-corrected chi connectivity index (χ1v) is 7.33. The van der Waals surface area contributed by atoms with Crippen molar-refractivity contribution in [3.8, 4) is 0 Å². The van der Waals surface area contributed by atoms with Crippen LogP contribution in [0.2, 0.25) is 0 Å². The van der Waals surface area contributed by atoms with Gasteiger partial charge in [0.25, 0.3) is 0 Å². The molecular formula is C9H12FIN2O2S. The van der Waals surface area contributed by atoms with Gasteiger partial charge in [0.15, 0.2) is 0 Å². The molecule has 1 rings (SSSR count). The van der Waals surface area contributed by atoms with Crippen LogP contribution in [0.3, 0.4) is 0 Å². The van der Waals surface area contributed by atoms with Gasteiger partial charge in [-0.25, -0.2) is 12.8 Å². The summed E-state index contributed by atoms with van der Waals surface area (Å²) in [6.07, 6.45) is 0.396. The van der Waals surface area contributed by atoms with E-state index in [-0.39, 0.29) is 5.75 Å². The van der Waals surface area contributed by atoms with E-state index < -0.39 is 15.8 Å². The Morgan fingerprint density at radius 3 is 2.69 bits per heavy atom. The number of hydrogen-bond acceptors (Lipinski definition) is 3. The van der Waals surface area contributed by atoms with Crippen LogP contribution in [0.15, 0.2) is 18.2 Å². The van der Waals surface area contributed by atoms with E-state index in [2.05, 4.69) is 4.72 Å². The number of sulfonamides is 1. The van der Waals surface area contributed by atoms with Crippen molar-refractivity contribution >= 4 is 38.3 Å². The predicted molar refractivity (Wildman–Crippen MR) is 70.2 cm³/mol. The number of nitrogens with one attached hydrogen (secondary N) is 1. The van der Waals surface area contributed by atoms with Gasteiger partial charge < -0.3 is 5.73 Å². The van der Waals surface area contributed by atoms with E-state index in [1.165, 1.54) is 18.2 Å². The summed E-state index contributed by atoms with van der Waals surface area (Å²) in [4.78, 5) is 0. The molecule has 0 aliphatic heterocycles. The highest BCUT2D eigenvalue weighted by Crippen LogP contribution is 2.20. The van der Waals surface area contributed by atoms with Crippen LogP contribution in [0.25, 0.3) is 0 Å². The molecule has 1 aromatic rings. The van der Waals surface area contributed by atoms with Crippen LogP contribution < -0.4 is 10.5 Å². The van der Waals surface area contributed by atoms with Gasteiger partial charge in [-0.15, -0.1) is 0 Å². The molecular weight excluding hydrogens is 346 g/mol. The lowest BCUT2D eigenvalue weighted by atomic mass is 10.3. The van der Waals surface area contributed by atoms with E-state index >= 15 is 0 Å². The summed E-state index contributed by atoms with van der Waals surface area (Å²) in [6.45, 7) is 0.321. The van der Waals surface area contributed by atoms with Gasteiger partial charge in [-0.3, -0.25) is 4.72 Å². The molecule has 0 radical (unpaired) electrons. The van der Waals surface area contributed by atoms with Crippen LogP contribution in [0, 0.1) is 9.39 Å². The lowest BCUT2D eigenvalue weighted by Crippen LogP contribution is -2.19. The molecule has 7 heteroatoms. The van der Waals surface area contributed by atoms with Crippen LogP contribution in [0.5, 0.6) is 0 Å². The number of nitrogens with two attached hydrogens (primary N) is 1. The maximum Gasteiger partial charge on any atom is 0.232 e. The third-order valence-corrected chi connectivity index (χ3v) is 4.06. The molecule has 0 atom stereocenters. The predicted octanol–water partition coefficient (Wildman–Crippen LogP) is 1.52. The molecule has 0 fully saturated rings. The Balaban J connectivity index is 2.80. The van der Waals surface area contributed by atoms with Crippen molar-refractivity contribution in [2.75, 3.05) is 17.0 Å². The Labute approximate surface area is 108 Å². The topological polar surface area (TPSA) is 72.2 Å². The standard InChI is InChI=1S/C9H12FIN2O2S/c10-7-2-3-9(8(11)6-7)13-16(14,15)5-1-4-12/h2-3,6,13H,1,4-5,12H2. The van der Waals surface area contributed by atoms with Gasteiger partial charge in [0, 0.05) is 3.57 Å². The normalized spacial score (nSPS) is 11.4. The fraction of sp³-hybridized carbons (Fsp3) is 0.333. The molecule has 1 aromatic carbocycles. The molecule has 3 N–H and O–H groups in total. The highest BCUT2D eigenvalue weighted by Gasteiger charge is 2.11. The van der Waals surface area contributed by atoms with E-state index in [0.29, 0.717) is 22.2 Å². The highest BCUT2D eigenvalue weighted by atomic mass is 127. The molecule has 0 amide bonds. The zero-order valence-corrected chi connectivity index (χ0v) is 11.4. The van der Waals surface area contributed by atoms with Crippen molar-refractivity contribution in [2.45, 2.75) is 6.42 Å². The van der Waals surface area contributed by atoms with Crippen molar-refractivity contribution in [1.82, 2.24) is 0 Å². The van der Waals surface area contributed by atoms with Gasteiger partial charge >= 0.3 is 0 Å². The zero-order chi connectivity index (χ0) is 12.2. The molecule has 4 nitrogen and oxygen atoms in total. The molecule has 90 valence electrons. The van der Waals surface area contributed by atoms with Crippen molar-refractivity contribution in [2.24, 2.45) is 5.73 Å². The van der Waals surface area contributed by atoms with Crippen LogP contribution in [0.4, 0.5) is 10.1 Å². The van der Waals surface area contributed by atoms with E-state index in [4.69, 9.17) is 5.73 Å². The first-order chi connectivity index (χ1) is 7.44. The summed E-state index contributed by atoms with van der Waals surface area (Å²) in [5, 5.41) is 0. The van der Waals surface area contributed by atoms with Gasteiger partial charge in [-0.2, -0.15) is 0 Å². The third kappa shape index (κ3) is 4.22. The van der Waals surface area contributed by atoms with Crippen LogP contribution in [-0.2, 0) is 10.0 Å². The number of benzene rings is 1. The third-order valence-electron chi connectivity index (χ3n) is 1.81. The maximum atomic E-state index is 12.8. The molecule has 0 saturated carbocycles. The Hall–Kier alpha value is -0.410. The lowest BCUT2D eigenvalue weighted by Gasteiger charge is -2.09. The second kappa shape index (κ2) is 5.78. The van der Waals surface area contributed by atoms with Gasteiger partial charge in [0.05, 0.1) is 11.4 Å². The average molecular weight is 358 g/mol. The summed E-state index contributed by atoms with van der Waals surface area (Å²) in [5.74, 6) is -0.425. The molecule has 0 saturated heterocycles. The minimum atomic E-state index is -3.39. The summed E-state index contributed by atoms with van der Waals surface area (Å²) in [6, 6.07) is 3.88. The summed E-state index contributed by atoms with van der Waals surface area (Å²) < 4.78 is 38.8. The van der Waals surface area contributed by atoms with Crippen molar-refractivity contribution < 1.29 is 12.8 Å². The van der Waals surface area contributed by atoms with Crippen LogP contribution in [-0.4, -0.2) is 20.7 Å².